The fourth-order valence-corrected chi connectivity index (χ4v) is 0.393. The highest BCUT2D eigenvalue weighted by molar-refractivity contribution is 5.89. The highest BCUT2D eigenvalue weighted by Gasteiger charge is 2.39. The van der Waals surface area contributed by atoms with Crippen molar-refractivity contribution in [2.24, 2.45) is 0 Å². The molecule has 0 aromatic heterocycles. The second kappa shape index (κ2) is 3.89. The molecule has 0 unspecified atom stereocenters. The maximum absolute atomic E-state index is 12.0. The van der Waals surface area contributed by atoms with Gasteiger partial charge in [0.25, 0.3) is 0 Å². The Bertz CT molecular complexity index is 239. The van der Waals surface area contributed by atoms with Crippen LogP contribution >= 0.6 is 0 Å². The van der Waals surface area contributed by atoms with Crippen LogP contribution in [0.4, 0.5) is 22.0 Å². The Morgan fingerprint density at radius 1 is 1.14 bits per heavy atom. The quantitative estimate of drug-likeness (QED) is 0.404. The molecule has 0 heterocycles. The van der Waals surface area contributed by atoms with E-state index < -0.39 is 30.5 Å². The van der Waals surface area contributed by atoms with Crippen LogP contribution in [0.15, 0.2) is 0 Å². The zero-order valence-corrected chi connectivity index (χ0v) is 6.82. The average molecular weight is 220 g/mol. The lowest BCUT2D eigenvalue weighted by Gasteiger charge is -2.09. The summed E-state index contributed by atoms with van der Waals surface area (Å²) in [4.78, 5) is 20.4. The van der Waals surface area contributed by atoms with Gasteiger partial charge in [0, 0.05) is 6.92 Å². The minimum Gasteiger partial charge on any atom is -0.388 e. The fourth-order valence-electron chi connectivity index (χ4n) is 0.393. The van der Waals surface area contributed by atoms with Gasteiger partial charge in [-0.05, 0) is 0 Å². The predicted octanol–water partition coefficient (Wildman–Crippen LogP) is 1.66. The fraction of sp³-hybridized carbons (Fsp3) is 0.667. The van der Waals surface area contributed by atoms with E-state index in [1.807, 2.05) is 0 Å². The van der Waals surface area contributed by atoms with Crippen molar-refractivity contribution >= 4 is 11.9 Å². The van der Waals surface area contributed by atoms with E-state index in [0.29, 0.717) is 0 Å². The third-order valence-corrected chi connectivity index (χ3v) is 0.910. The summed E-state index contributed by atoms with van der Waals surface area (Å²) < 4.78 is 61.6. The van der Waals surface area contributed by atoms with Crippen molar-refractivity contribution in [3.8, 4) is 0 Å². The zero-order chi connectivity index (χ0) is 11.6. The first-order chi connectivity index (χ1) is 6.02. The monoisotopic (exact) mass is 220 g/mol. The highest BCUT2D eigenvalue weighted by Crippen LogP contribution is 2.21. The molecule has 0 bridgehead atoms. The first-order valence-corrected chi connectivity index (χ1v) is 3.22. The molecule has 0 atom stereocenters. The van der Waals surface area contributed by atoms with Gasteiger partial charge in [0.2, 0.25) is 0 Å². The summed E-state index contributed by atoms with van der Waals surface area (Å²) in [5, 5.41) is 0. The summed E-state index contributed by atoms with van der Waals surface area (Å²) in [7, 11) is 0. The molecule has 0 aromatic rings. The van der Waals surface area contributed by atoms with E-state index in [1.54, 1.807) is 0 Å². The van der Waals surface area contributed by atoms with Gasteiger partial charge in [0.1, 0.15) is 6.42 Å². The molecule has 0 fully saturated rings. The van der Waals surface area contributed by atoms with Gasteiger partial charge in [0.05, 0.1) is 0 Å². The third-order valence-electron chi connectivity index (χ3n) is 0.910. The molecule has 0 rings (SSSR count). The minimum absolute atomic E-state index is 0.107. The van der Waals surface area contributed by atoms with Gasteiger partial charge in [-0.3, -0.25) is 4.79 Å². The van der Waals surface area contributed by atoms with Gasteiger partial charge >= 0.3 is 24.0 Å². The Kier molecular flexibility index (Phi) is 3.55. The molecular formula is C6H5F5O3. The molecule has 0 aromatic carbocycles. The van der Waals surface area contributed by atoms with Crippen molar-refractivity contribution in [3.63, 3.8) is 0 Å². The van der Waals surface area contributed by atoms with E-state index in [0.717, 1.165) is 0 Å². The minimum atomic E-state index is -4.89. The third kappa shape index (κ3) is 5.44. The maximum Gasteiger partial charge on any atom is 0.399 e. The van der Waals surface area contributed by atoms with Crippen molar-refractivity contribution in [1.29, 1.82) is 0 Å². The van der Waals surface area contributed by atoms with Crippen LogP contribution in [0.5, 0.6) is 0 Å². The van der Waals surface area contributed by atoms with Crippen LogP contribution in [-0.4, -0.2) is 24.0 Å². The number of carbonyl (C=O) groups excluding carboxylic acids is 2. The molecule has 0 aliphatic heterocycles. The van der Waals surface area contributed by atoms with Crippen LogP contribution < -0.4 is 0 Å². The molecule has 0 aliphatic rings. The predicted molar refractivity (Wildman–Crippen MR) is 32.4 cm³/mol. The zero-order valence-electron chi connectivity index (χ0n) is 6.82. The summed E-state index contributed by atoms with van der Waals surface area (Å²) in [5.74, 6) is -8.34. The number of hydrogen-bond acceptors (Lipinski definition) is 3. The molecule has 0 N–H and O–H groups in total. The Labute approximate surface area is 74.8 Å². The number of halogens is 5. The normalized spacial score (nSPS) is 12.4. The topological polar surface area (TPSA) is 43.4 Å². The lowest BCUT2D eigenvalue weighted by Crippen LogP contribution is -2.30. The molecule has 0 radical (unpaired) electrons. The lowest BCUT2D eigenvalue weighted by atomic mass is 10.4. The van der Waals surface area contributed by atoms with Gasteiger partial charge in [-0.1, -0.05) is 0 Å². The first kappa shape index (κ1) is 12.8. The summed E-state index contributed by atoms with van der Waals surface area (Å²) in [6, 6.07) is 0. The van der Waals surface area contributed by atoms with Crippen molar-refractivity contribution in [2.75, 3.05) is 0 Å². The first-order valence-electron chi connectivity index (χ1n) is 3.22. The Morgan fingerprint density at radius 3 is 1.86 bits per heavy atom. The molecule has 82 valence electrons. The number of carbonyl (C=O) groups is 2. The van der Waals surface area contributed by atoms with Gasteiger partial charge in [0.15, 0.2) is 0 Å². The van der Waals surface area contributed by atoms with Crippen LogP contribution in [0.2, 0.25) is 0 Å². The van der Waals surface area contributed by atoms with Crippen LogP contribution in [0.1, 0.15) is 13.3 Å². The molecule has 0 saturated carbocycles. The summed E-state index contributed by atoms with van der Waals surface area (Å²) >= 11 is 0. The standard InChI is InChI=1S/C6H5F5O3/c1-5(7,8)4(13)14-3(12)2-6(9,10)11/h2H2,1H3. The molecule has 8 heteroatoms. The van der Waals surface area contributed by atoms with Crippen LogP contribution in [-0.2, 0) is 14.3 Å². The van der Waals surface area contributed by atoms with E-state index in [9.17, 15) is 31.5 Å². The van der Waals surface area contributed by atoms with Gasteiger partial charge < -0.3 is 4.74 Å². The van der Waals surface area contributed by atoms with Crippen molar-refractivity contribution in [3.05, 3.63) is 0 Å². The maximum atomic E-state index is 12.0. The number of hydrogen-bond donors (Lipinski definition) is 0. The number of rotatable bonds is 2. The lowest BCUT2D eigenvalue weighted by molar-refractivity contribution is -0.187. The number of ether oxygens (including phenoxy) is 1. The number of esters is 2. The second-order valence-electron chi connectivity index (χ2n) is 2.44. The van der Waals surface area contributed by atoms with Gasteiger partial charge in [-0.2, -0.15) is 22.0 Å². The summed E-state index contributed by atoms with van der Waals surface area (Å²) in [5.41, 5.74) is 0. The van der Waals surface area contributed by atoms with E-state index >= 15 is 0 Å². The van der Waals surface area contributed by atoms with Crippen LogP contribution in [0, 0.1) is 0 Å². The van der Waals surface area contributed by atoms with E-state index in [1.165, 1.54) is 0 Å². The number of alkyl halides is 5. The average Bonchev–Trinajstić information content (AvgIpc) is 1.79. The summed E-state index contributed by atoms with van der Waals surface area (Å²) in [6.07, 6.45) is -6.96. The molecule has 0 aliphatic carbocycles. The molecule has 0 amide bonds. The van der Waals surface area contributed by atoms with E-state index in [-0.39, 0.29) is 6.92 Å². The van der Waals surface area contributed by atoms with Gasteiger partial charge in [-0.25, -0.2) is 4.79 Å². The van der Waals surface area contributed by atoms with Crippen LogP contribution in [0.3, 0.4) is 0 Å². The molecule has 0 spiro atoms. The smallest absolute Gasteiger partial charge is 0.388 e. The van der Waals surface area contributed by atoms with Gasteiger partial charge in [-0.15, -0.1) is 0 Å². The molecule has 14 heavy (non-hydrogen) atoms. The molecule has 3 nitrogen and oxygen atoms in total. The molecular weight excluding hydrogens is 215 g/mol. The van der Waals surface area contributed by atoms with Crippen molar-refractivity contribution in [1.82, 2.24) is 0 Å². The van der Waals surface area contributed by atoms with Crippen LogP contribution in [0.25, 0.3) is 0 Å². The SMILES string of the molecule is CC(F)(F)C(=O)OC(=O)CC(F)(F)F. The Morgan fingerprint density at radius 2 is 1.57 bits per heavy atom. The van der Waals surface area contributed by atoms with E-state index in [4.69, 9.17) is 0 Å². The molecule has 0 saturated heterocycles. The second-order valence-corrected chi connectivity index (χ2v) is 2.44. The summed E-state index contributed by atoms with van der Waals surface area (Å²) in [6.45, 7) is 0.107. The largest absolute Gasteiger partial charge is 0.399 e. The Hall–Kier alpha value is -1.21. The highest BCUT2D eigenvalue weighted by atomic mass is 19.4. The van der Waals surface area contributed by atoms with E-state index in [2.05, 4.69) is 4.74 Å². The van der Waals surface area contributed by atoms with Crippen molar-refractivity contribution in [2.45, 2.75) is 25.4 Å². The van der Waals surface area contributed by atoms with Crippen molar-refractivity contribution < 1.29 is 36.3 Å². The Balaban J connectivity index is 4.16.